The van der Waals surface area contributed by atoms with Crippen molar-refractivity contribution in [3.63, 3.8) is 0 Å². The van der Waals surface area contributed by atoms with E-state index in [4.69, 9.17) is 5.53 Å². The van der Waals surface area contributed by atoms with Crippen LogP contribution in [0.1, 0.15) is 103 Å². The van der Waals surface area contributed by atoms with Crippen molar-refractivity contribution in [1.82, 2.24) is 5.32 Å². The Labute approximate surface area is 393 Å². The van der Waals surface area contributed by atoms with E-state index in [0.29, 0.717) is 56.7 Å². The molecular weight excluding hydrogens is 917 g/mol. The molecule has 0 aromatic heterocycles. The number of fused-ring (bicyclic) bond motifs is 6. The van der Waals surface area contributed by atoms with Gasteiger partial charge in [-0.3, -0.25) is 18.5 Å². The van der Waals surface area contributed by atoms with Crippen LogP contribution in [0.3, 0.4) is 0 Å². The van der Waals surface area contributed by atoms with Crippen molar-refractivity contribution in [2.45, 2.75) is 118 Å². The molecule has 2 aliphatic rings. The minimum atomic E-state index is -4.92. The summed E-state index contributed by atoms with van der Waals surface area (Å²) in [5.41, 5.74) is 12.7. The highest BCUT2D eigenvalue weighted by atomic mass is 32.2. The Bertz CT molecular complexity index is 3150. The SMILES string of the molecule is CC[N+]1=C(/C=C/C=C/C=C2\N(CCCCCC(=O)NCCCCCCN=[N+]=[N-])c3ccc4c(S(=O)(=O)O)cc(S(=O)(=O)O)cc4c3C2(C)C)C(C)(C)c2c1ccc1c(C)cc(S(=O)(=O)O)cc21. The fourth-order valence-electron chi connectivity index (χ4n) is 9.70. The van der Waals surface area contributed by atoms with Gasteiger partial charge in [0.15, 0.2) is 5.71 Å². The third kappa shape index (κ3) is 10.8. The fraction of sp³-hybridized carbons (Fsp3) is 0.417. The van der Waals surface area contributed by atoms with Crippen LogP contribution in [0, 0.1) is 6.92 Å². The van der Waals surface area contributed by atoms with Crippen LogP contribution in [0.5, 0.6) is 0 Å². The highest BCUT2D eigenvalue weighted by Crippen LogP contribution is 2.52. The van der Waals surface area contributed by atoms with E-state index >= 15 is 0 Å². The number of hydrogen-bond acceptors (Lipinski definition) is 9. The molecule has 0 radical (unpaired) electrons. The maximum absolute atomic E-state index is 12.6. The maximum atomic E-state index is 12.6. The highest BCUT2D eigenvalue weighted by molar-refractivity contribution is 7.87. The Morgan fingerprint density at radius 1 is 0.761 bits per heavy atom. The Morgan fingerprint density at radius 2 is 1.40 bits per heavy atom. The van der Waals surface area contributed by atoms with Gasteiger partial charge in [-0.05, 0) is 129 Å². The maximum Gasteiger partial charge on any atom is 0.295 e. The molecule has 6 rings (SSSR count). The second-order valence-electron chi connectivity index (χ2n) is 18.1. The van der Waals surface area contributed by atoms with E-state index < -0.39 is 51.0 Å². The highest BCUT2D eigenvalue weighted by Gasteiger charge is 2.46. The zero-order chi connectivity index (χ0) is 49.1. The lowest BCUT2D eigenvalue weighted by atomic mass is 9.78. The standard InChI is InChI=1S/C48H58N6O10S3/c1-7-53-39-23-21-35-32(2)28-33(65(56,57)58)29-37(35)45(39)47(3,4)42(53)18-12-10-13-19-43-48(5,6)46-38-30-34(66(59,60)61)31-41(67(62,63)64)36(38)22-24-40(46)54(43)27-17-11-14-20-44(55)50-25-15-8-9-16-26-51-52-49/h10,12-13,18-19,21-24,28-31H,7-9,11,14-17,20,25-27H2,1-6H3,(H3-,50,55,56,57,58,59,60,61,62,63,64)/p+1. The lowest BCUT2D eigenvalue weighted by Crippen LogP contribution is -2.27. The lowest BCUT2D eigenvalue weighted by Gasteiger charge is -2.27. The van der Waals surface area contributed by atoms with Crippen LogP contribution in [0.15, 0.2) is 104 Å². The van der Waals surface area contributed by atoms with Gasteiger partial charge in [-0.25, -0.2) is 0 Å². The predicted molar refractivity (Wildman–Crippen MR) is 261 cm³/mol. The van der Waals surface area contributed by atoms with Crippen molar-refractivity contribution in [1.29, 1.82) is 0 Å². The molecule has 0 aliphatic carbocycles. The predicted octanol–water partition coefficient (Wildman–Crippen LogP) is 9.78. The molecule has 16 nitrogen and oxygen atoms in total. The molecule has 4 aromatic rings. The first-order valence-corrected chi connectivity index (χ1v) is 26.6. The molecule has 0 unspecified atom stereocenters. The minimum absolute atomic E-state index is 0.0314. The van der Waals surface area contributed by atoms with Gasteiger partial charge in [-0.2, -0.15) is 29.8 Å². The number of azide groups is 1. The minimum Gasteiger partial charge on any atom is -0.356 e. The van der Waals surface area contributed by atoms with E-state index in [2.05, 4.69) is 38.7 Å². The summed E-state index contributed by atoms with van der Waals surface area (Å²) in [7, 11) is -14.3. The molecule has 0 saturated heterocycles. The summed E-state index contributed by atoms with van der Waals surface area (Å²) < 4.78 is 107. The third-order valence-corrected chi connectivity index (χ3v) is 15.4. The second kappa shape index (κ2) is 20.1. The number of amides is 1. The number of rotatable bonds is 20. The summed E-state index contributed by atoms with van der Waals surface area (Å²) in [6, 6.07) is 12.3. The average molecular weight is 976 g/mol. The Kier molecular flexibility index (Phi) is 15.3. The molecule has 0 spiro atoms. The molecule has 0 fully saturated rings. The van der Waals surface area contributed by atoms with Crippen LogP contribution in [0.25, 0.3) is 32.0 Å². The van der Waals surface area contributed by atoms with E-state index in [1.807, 2.05) is 70.2 Å². The molecule has 67 heavy (non-hydrogen) atoms. The van der Waals surface area contributed by atoms with Crippen LogP contribution in [0.2, 0.25) is 0 Å². The lowest BCUT2D eigenvalue weighted by molar-refractivity contribution is -0.433. The van der Waals surface area contributed by atoms with Crippen LogP contribution in [0.4, 0.5) is 11.4 Å². The quantitative estimate of drug-likeness (QED) is 0.0123. The van der Waals surface area contributed by atoms with Crippen molar-refractivity contribution in [2.24, 2.45) is 5.11 Å². The monoisotopic (exact) mass is 975 g/mol. The summed E-state index contributed by atoms with van der Waals surface area (Å²) in [5.74, 6) is -0.0314. The van der Waals surface area contributed by atoms with Gasteiger partial charge in [0.2, 0.25) is 11.6 Å². The molecule has 0 atom stereocenters. The average Bonchev–Trinajstić information content (AvgIpc) is 3.60. The second-order valence-corrected chi connectivity index (χ2v) is 22.3. The number of nitrogens with zero attached hydrogens (tertiary/aromatic N) is 5. The number of carbonyl (C=O) groups excluding carboxylic acids is 1. The first kappa shape index (κ1) is 51.0. The largest absolute Gasteiger partial charge is 0.356 e. The van der Waals surface area contributed by atoms with Crippen LogP contribution in [-0.2, 0) is 46.0 Å². The van der Waals surface area contributed by atoms with Crippen molar-refractivity contribution >= 4 is 74.9 Å². The van der Waals surface area contributed by atoms with E-state index in [0.717, 1.165) is 77.2 Å². The van der Waals surface area contributed by atoms with Crippen molar-refractivity contribution in [3.05, 3.63) is 112 Å². The summed E-state index contributed by atoms with van der Waals surface area (Å²) in [4.78, 5) is 16.0. The Morgan fingerprint density at radius 3 is 2.06 bits per heavy atom. The molecule has 4 aromatic carbocycles. The van der Waals surface area contributed by atoms with E-state index in [9.17, 15) is 43.7 Å². The molecule has 19 heteroatoms. The Balaban J connectivity index is 1.29. The topological polar surface area (TPSA) is 247 Å². The van der Waals surface area contributed by atoms with Gasteiger partial charge in [0.25, 0.3) is 30.4 Å². The van der Waals surface area contributed by atoms with Crippen LogP contribution < -0.4 is 10.2 Å². The number of allylic oxidation sites excluding steroid dienone is 6. The first-order valence-electron chi connectivity index (χ1n) is 22.3. The van der Waals surface area contributed by atoms with Crippen LogP contribution >= 0.6 is 0 Å². The van der Waals surface area contributed by atoms with E-state index in [1.54, 1.807) is 6.07 Å². The molecule has 2 aliphatic heterocycles. The molecule has 1 amide bonds. The number of anilines is 1. The first-order chi connectivity index (χ1) is 31.4. The molecule has 358 valence electrons. The number of benzene rings is 4. The van der Waals surface area contributed by atoms with Gasteiger partial charge in [-0.15, -0.1) is 0 Å². The van der Waals surface area contributed by atoms with Gasteiger partial charge in [0, 0.05) is 70.9 Å². The molecule has 2 heterocycles. The summed E-state index contributed by atoms with van der Waals surface area (Å²) in [5, 5.41) is 8.46. The summed E-state index contributed by atoms with van der Waals surface area (Å²) in [6.07, 6.45) is 15.5. The third-order valence-electron chi connectivity index (χ3n) is 12.8. The van der Waals surface area contributed by atoms with Crippen LogP contribution in [-0.4, -0.2) is 81.3 Å². The smallest absolute Gasteiger partial charge is 0.295 e. The van der Waals surface area contributed by atoms with Gasteiger partial charge in [0.05, 0.1) is 15.2 Å². The summed E-state index contributed by atoms with van der Waals surface area (Å²) in [6.45, 7) is 14.1. The normalized spacial score (nSPS) is 16.4. The van der Waals surface area contributed by atoms with Crippen molar-refractivity contribution < 1.29 is 48.3 Å². The molecule has 0 saturated carbocycles. The molecular formula is C48H59N6O10S3+. The van der Waals surface area contributed by atoms with Gasteiger partial charge >= 0.3 is 0 Å². The number of nitrogens with one attached hydrogen (secondary N) is 1. The van der Waals surface area contributed by atoms with Gasteiger partial charge in [0.1, 0.15) is 11.4 Å². The number of aryl methyl sites for hydroxylation is 1. The van der Waals surface area contributed by atoms with E-state index in [1.165, 1.54) is 24.3 Å². The van der Waals surface area contributed by atoms with Gasteiger partial charge < -0.3 is 10.2 Å². The molecule has 0 bridgehead atoms. The Hall–Kier alpha value is -5.40. The zero-order valence-corrected chi connectivity index (χ0v) is 41.1. The zero-order valence-electron chi connectivity index (χ0n) is 38.7. The number of unbranched alkanes of at least 4 members (excludes halogenated alkanes) is 5. The number of hydrogen-bond donors (Lipinski definition) is 4. The van der Waals surface area contributed by atoms with Crippen molar-refractivity contribution in [3.8, 4) is 0 Å². The fourth-order valence-corrected chi connectivity index (χ4v) is 11.6. The molecule has 4 N–H and O–H groups in total. The van der Waals surface area contributed by atoms with E-state index in [-0.39, 0.29) is 21.6 Å². The summed E-state index contributed by atoms with van der Waals surface area (Å²) >= 11 is 0. The van der Waals surface area contributed by atoms with Gasteiger partial charge in [-0.1, -0.05) is 62.5 Å². The van der Waals surface area contributed by atoms with Crippen molar-refractivity contribution in [2.75, 3.05) is 31.1 Å². The number of carbonyl (C=O) groups is 1.